The number of piperidine rings is 1. The Bertz CT molecular complexity index is 648. The van der Waals surface area contributed by atoms with Crippen molar-refractivity contribution in [2.75, 3.05) is 20.7 Å². The number of aliphatic hydroxyl groups is 2. The zero-order valence-electron chi connectivity index (χ0n) is 13.7. The van der Waals surface area contributed by atoms with Crippen LogP contribution in [0.3, 0.4) is 0 Å². The van der Waals surface area contributed by atoms with Crippen molar-refractivity contribution in [1.82, 2.24) is 4.90 Å². The molecule has 5 nitrogen and oxygen atoms in total. The summed E-state index contributed by atoms with van der Waals surface area (Å²) in [7, 11) is 3.60. The van der Waals surface area contributed by atoms with Crippen LogP contribution in [0.15, 0.2) is 12.1 Å². The van der Waals surface area contributed by atoms with Gasteiger partial charge in [0.05, 0.1) is 18.8 Å². The molecule has 1 aliphatic heterocycles. The molecule has 1 saturated carbocycles. The molecular formula is C18H25NO4. The van der Waals surface area contributed by atoms with Gasteiger partial charge in [0.2, 0.25) is 0 Å². The lowest BCUT2D eigenvalue weighted by molar-refractivity contribution is -0.177. The lowest BCUT2D eigenvalue weighted by Crippen LogP contribution is -2.72. The van der Waals surface area contributed by atoms with Gasteiger partial charge in [-0.3, -0.25) is 0 Å². The van der Waals surface area contributed by atoms with Crippen LogP contribution >= 0.6 is 0 Å². The highest BCUT2D eigenvalue weighted by atomic mass is 16.5. The normalized spacial score (nSPS) is 39.5. The van der Waals surface area contributed by atoms with E-state index in [9.17, 15) is 15.3 Å². The van der Waals surface area contributed by atoms with Crippen molar-refractivity contribution < 1.29 is 20.1 Å². The summed E-state index contributed by atoms with van der Waals surface area (Å²) in [6.45, 7) is 0.857. The number of likely N-dealkylation sites (tertiary alicyclic amines) is 1. The first kappa shape index (κ1) is 15.2. The average molecular weight is 319 g/mol. The van der Waals surface area contributed by atoms with Gasteiger partial charge >= 0.3 is 0 Å². The van der Waals surface area contributed by atoms with Crippen molar-refractivity contribution in [2.45, 2.75) is 55.3 Å². The Hall–Kier alpha value is -1.30. The zero-order valence-corrected chi connectivity index (χ0v) is 13.7. The van der Waals surface area contributed by atoms with Crippen molar-refractivity contribution in [3.05, 3.63) is 23.3 Å². The van der Waals surface area contributed by atoms with Gasteiger partial charge < -0.3 is 25.0 Å². The van der Waals surface area contributed by atoms with E-state index in [-0.39, 0.29) is 11.8 Å². The molecule has 1 aromatic rings. The molecule has 0 aromatic heterocycles. The van der Waals surface area contributed by atoms with Gasteiger partial charge in [0.25, 0.3) is 0 Å². The van der Waals surface area contributed by atoms with Gasteiger partial charge in [0.15, 0.2) is 11.5 Å². The maximum absolute atomic E-state index is 11.7. The van der Waals surface area contributed by atoms with Crippen LogP contribution in [0.5, 0.6) is 11.5 Å². The molecule has 3 aliphatic rings. The summed E-state index contributed by atoms with van der Waals surface area (Å²) in [6.07, 6.45) is 2.71. The third-order valence-electron chi connectivity index (χ3n) is 6.59. The molecule has 0 radical (unpaired) electrons. The molecule has 0 unspecified atom stereocenters. The summed E-state index contributed by atoms with van der Waals surface area (Å²) in [5.74, 6) is 0.582. The number of phenolic OH excluding ortho intramolecular Hbond substituents is 1. The highest BCUT2D eigenvalue weighted by molar-refractivity contribution is 5.58. The molecule has 0 spiro atoms. The molecule has 1 aromatic carbocycles. The van der Waals surface area contributed by atoms with E-state index in [0.29, 0.717) is 25.0 Å². The fraction of sp³-hybridized carbons (Fsp3) is 0.667. The Balaban J connectivity index is 1.99. The highest BCUT2D eigenvalue weighted by Crippen LogP contribution is 2.60. The second kappa shape index (κ2) is 4.85. The molecule has 2 bridgehead atoms. The SMILES string of the molecule is COc1ccc2c(c1O)[C@]13CCN(C)[C@H](C2)[C@]1(O)CC[C@@H](O)C3. The Morgan fingerprint density at radius 3 is 2.83 bits per heavy atom. The van der Waals surface area contributed by atoms with Crippen LogP contribution in [0.25, 0.3) is 0 Å². The van der Waals surface area contributed by atoms with Gasteiger partial charge in [-0.1, -0.05) is 6.07 Å². The number of fused-ring (bicyclic) bond motifs is 1. The second-order valence-corrected chi connectivity index (χ2v) is 7.50. The Morgan fingerprint density at radius 1 is 1.30 bits per heavy atom. The summed E-state index contributed by atoms with van der Waals surface area (Å²) >= 11 is 0. The van der Waals surface area contributed by atoms with E-state index in [0.717, 1.165) is 30.5 Å². The van der Waals surface area contributed by atoms with E-state index in [2.05, 4.69) is 11.9 Å². The number of rotatable bonds is 1. The van der Waals surface area contributed by atoms with Crippen LogP contribution in [0.4, 0.5) is 0 Å². The first-order valence-electron chi connectivity index (χ1n) is 8.43. The first-order chi connectivity index (χ1) is 10.9. The minimum Gasteiger partial charge on any atom is -0.504 e. The summed E-state index contributed by atoms with van der Waals surface area (Å²) in [6, 6.07) is 3.83. The number of ether oxygens (including phenoxy) is 1. The fourth-order valence-electron chi connectivity index (χ4n) is 5.46. The molecule has 5 heteroatoms. The monoisotopic (exact) mass is 319 g/mol. The van der Waals surface area contributed by atoms with Crippen LogP contribution in [0.2, 0.25) is 0 Å². The van der Waals surface area contributed by atoms with Gasteiger partial charge in [0.1, 0.15) is 0 Å². The zero-order chi connectivity index (χ0) is 16.4. The van der Waals surface area contributed by atoms with Crippen LogP contribution < -0.4 is 4.74 Å². The van der Waals surface area contributed by atoms with Gasteiger partial charge in [-0.05, 0) is 57.3 Å². The van der Waals surface area contributed by atoms with Crippen molar-refractivity contribution in [1.29, 1.82) is 0 Å². The Kier molecular flexibility index (Phi) is 3.21. The molecule has 1 heterocycles. The topological polar surface area (TPSA) is 73.2 Å². The quantitative estimate of drug-likeness (QED) is 0.725. The molecule has 23 heavy (non-hydrogen) atoms. The number of likely N-dealkylation sites (N-methyl/N-ethyl adjacent to an activating group) is 1. The van der Waals surface area contributed by atoms with E-state index in [1.807, 2.05) is 6.07 Å². The average Bonchev–Trinajstić information content (AvgIpc) is 2.52. The molecular weight excluding hydrogens is 294 g/mol. The Morgan fingerprint density at radius 2 is 2.09 bits per heavy atom. The van der Waals surface area contributed by atoms with E-state index in [4.69, 9.17) is 4.74 Å². The van der Waals surface area contributed by atoms with Gasteiger partial charge in [-0.2, -0.15) is 0 Å². The van der Waals surface area contributed by atoms with E-state index in [1.54, 1.807) is 13.2 Å². The maximum atomic E-state index is 11.7. The maximum Gasteiger partial charge on any atom is 0.161 e. The first-order valence-corrected chi connectivity index (χ1v) is 8.43. The van der Waals surface area contributed by atoms with Crippen molar-refractivity contribution >= 4 is 0 Å². The summed E-state index contributed by atoms with van der Waals surface area (Å²) in [5, 5.41) is 32.8. The van der Waals surface area contributed by atoms with Crippen molar-refractivity contribution in [2.24, 2.45) is 0 Å². The molecule has 2 fully saturated rings. The molecule has 4 rings (SSSR count). The summed E-state index contributed by atoms with van der Waals surface area (Å²) < 4.78 is 5.30. The van der Waals surface area contributed by atoms with Gasteiger partial charge in [-0.25, -0.2) is 0 Å². The third-order valence-corrected chi connectivity index (χ3v) is 6.59. The molecule has 3 N–H and O–H groups in total. The van der Waals surface area contributed by atoms with Gasteiger partial charge in [-0.15, -0.1) is 0 Å². The number of nitrogens with zero attached hydrogens (tertiary/aromatic N) is 1. The molecule has 4 atom stereocenters. The smallest absolute Gasteiger partial charge is 0.161 e. The number of hydrogen-bond donors (Lipinski definition) is 3. The van der Waals surface area contributed by atoms with Crippen LogP contribution in [-0.2, 0) is 11.8 Å². The van der Waals surface area contributed by atoms with Gasteiger partial charge in [0, 0.05) is 17.0 Å². The predicted molar refractivity (Wildman–Crippen MR) is 85.9 cm³/mol. The fourth-order valence-corrected chi connectivity index (χ4v) is 5.46. The number of methoxy groups -OCH3 is 1. The number of phenols is 1. The molecule has 0 amide bonds. The Labute approximate surface area is 136 Å². The van der Waals surface area contributed by atoms with E-state index < -0.39 is 17.1 Å². The number of benzene rings is 1. The minimum absolute atomic E-state index is 0.0315. The summed E-state index contributed by atoms with van der Waals surface area (Å²) in [4.78, 5) is 2.24. The standard InChI is InChI=1S/C18H25NO4/c1-19-8-7-17-10-12(20)5-6-18(17,22)14(19)9-11-3-4-13(23-2)16(21)15(11)17/h3-4,12,14,20-22H,5-10H2,1-2H3/t12-,14-,17-,18-/m1/s1. The number of aromatic hydroxyl groups is 1. The van der Waals surface area contributed by atoms with Crippen LogP contribution in [-0.4, -0.2) is 58.7 Å². The predicted octanol–water partition coefficient (Wildman–Crippen LogP) is 1.17. The van der Waals surface area contributed by atoms with E-state index in [1.165, 1.54) is 0 Å². The second-order valence-electron chi connectivity index (χ2n) is 7.50. The third kappa shape index (κ3) is 1.78. The molecule has 1 saturated heterocycles. The van der Waals surface area contributed by atoms with E-state index >= 15 is 0 Å². The van der Waals surface area contributed by atoms with Crippen molar-refractivity contribution in [3.63, 3.8) is 0 Å². The summed E-state index contributed by atoms with van der Waals surface area (Å²) in [5.41, 5.74) is 0.380. The number of aliphatic hydroxyl groups excluding tert-OH is 1. The molecule has 126 valence electrons. The lowest BCUT2D eigenvalue weighted by atomic mass is 9.49. The van der Waals surface area contributed by atoms with Crippen molar-refractivity contribution in [3.8, 4) is 11.5 Å². The largest absolute Gasteiger partial charge is 0.504 e. The number of hydrogen-bond acceptors (Lipinski definition) is 5. The minimum atomic E-state index is -0.907. The van der Waals surface area contributed by atoms with Crippen LogP contribution in [0.1, 0.15) is 36.8 Å². The van der Waals surface area contributed by atoms with Crippen LogP contribution in [0, 0.1) is 0 Å². The highest BCUT2D eigenvalue weighted by Gasteiger charge is 2.65. The lowest BCUT2D eigenvalue weighted by Gasteiger charge is -2.63. The molecule has 2 aliphatic carbocycles.